The van der Waals surface area contributed by atoms with Crippen LogP contribution in [0.2, 0.25) is 0 Å². The van der Waals surface area contributed by atoms with Gasteiger partial charge in [-0.15, -0.1) is 0 Å². The van der Waals surface area contributed by atoms with Crippen LogP contribution in [0.25, 0.3) is 0 Å². The second-order valence-corrected chi connectivity index (χ2v) is 5.80. The zero-order chi connectivity index (χ0) is 10.8. The van der Waals surface area contributed by atoms with Crippen molar-refractivity contribution in [1.82, 2.24) is 8.93 Å². The molecule has 0 amide bonds. The molecule has 1 unspecified atom stereocenters. The highest BCUT2D eigenvalue weighted by Gasteiger charge is 2.30. The maximum Gasteiger partial charge on any atom is 0.130 e. The SMILES string of the molecule is CCCN1N=CN(Br)C1CC(C)(C)C. The molecule has 0 saturated carbocycles. The Bertz CT molecular complexity index is 210. The van der Waals surface area contributed by atoms with Gasteiger partial charge < -0.3 is 0 Å². The molecule has 0 N–H and O–H groups in total. The Morgan fingerprint density at radius 2 is 2.07 bits per heavy atom. The summed E-state index contributed by atoms with van der Waals surface area (Å²) in [5, 5.41) is 6.51. The quantitative estimate of drug-likeness (QED) is 0.728. The molecule has 0 aromatic carbocycles. The van der Waals surface area contributed by atoms with Gasteiger partial charge in [0, 0.05) is 6.54 Å². The number of hydrogen-bond donors (Lipinski definition) is 0. The van der Waals surface area contributed by atoms with E-state index in [-0.39, 0.29) is 0 Å². The molecule has 0 saturated heterocycles. The fourth-order valence-electron chi connectivity index (χ4n) is 1.57. The highest BCUT2D eigenvalue weighted by atomic mass is 79.9. The first kappa shape index (κ1) is 11.8. The maximum absolute atomic E-state index is 4.36. The van der Waals surface area contributed by atoms with Crippen LogP contribution in [0.3, 0.4) is 0 Å². The third-order valence-corrected chi connectivity index (χ3v) is 2.84. The number of nitrogens with zero attached hydrogens (tertiary/aromatic N) is 3. The van der Waals surface area contributed by atoms with E-state index in [2.05, 4.69) is 54.0 Å². The van der Waals surface area contributed by atoms with Crippen molar-refractivity contribution in [1.29, 1.82) is 0 Å². The molecule has 3 nitrogen and oxygen atoms in total. The Morgan fingerprint density at radius 1 is 1.43 bits per heavy atom. The minimum atomic E-state index is 0.330. The Kier molecular flexibility index (Phi) is 3.81. The highest BCUT2D eigenvalue weighted by Crippen LogP contribution is 2.29. The van der Waals surface area contributed by atoms with Gasteiger partial charge in [0.05, 0.1) is 16.1 Å². The Morgan fingerprint density at radius 3 is 2.57 bits per heavy atom. The number of halogens is 1. The van der Waals surface area contributed by atoms with Crippen LogP contribution in [0.15, 0.2) is 5.10 Å². The van der Waals surface area contributed by atoms with Crippen molar-refractivity contribution in [3.63, 3.8) is 0 Å². The summed E-state index contributed by atoms with van der Waals surface area (Å²) < 4.78 is 2.02. The van der Waals surface area contributed by atoms with E-state index in [1.807, 2.05) is 10.3 Å². The third-order valence-electron chi connectivity index (χ3n) is 2.19. The van der Waals surface area contributed by atoms with Crippen molar-refractivity contribution in [3.05, 3.63) is 0 Å². The molecule has 0 fully saturated rings. The van der Waals surface area contributed by atoms with E-state index in [0.29, 0.717) is 11.6 Å². The molecule has 0 aromatic heterocycles. The first-order valence-corrected chi connectivity index (χ1v) is 5.90. The minimum Gasteiger partial charge on any atom is -0.274 e. The minimum absolute atomic E-state index is 0.330. The Labute approximate surface area is 95.5 Å². The molecule has 14 heavy (non-hydrogen) atoms. The molecule has 1 aliphatic heterocycles. The number of rotatable bonds is 3. The van der Waals surface area contributed by atoms with Gasteiger partial charge in [-0.05, 0) is 18.3 Å². The predicted molar refractivity (Wildman–Crippen MR) is 64.1 cm³/mol. The topological polar surface area (TPSA) is 18.8 Å². The lowest BCUT2D eigenvalue weighted by Crippen LogP contribution is -2.38. The van der Waals surface area contributed by atoms with E-state index in [9.17, 15) is 0 Å². The van der Waals surface area contributed by atoms with Crippen molar-refractivity contribution in [3.8, 4) is 0 Å². The summed E-state index contributed by atoms with van der Waals surface area (Å²) >= 11 is 3.51. The van der Waals surface area contributed by atoms with Crippen LogP contribution in [-0.2, 0) is 0 Å². The van der Waals surface area contributed by atoms with Crippen LogP contribution in [0.5, 0.6) is 0 Å². The summed E-state index contributed by atoms with van der Waals surface area (Å²) in [5.41, 5.74) is 0.330. The smallest absolute Gasteiger partial charge is 0.130 e. The molecular formula is C10H20BrN3. The van der Waals surface area contributed by atoms with Gasteiger partial charge in [0.1, 0.15) is 12.5 Å². The van der Waals surface area contributed by atoms with Gasteiger partial charge in [-0.2, -0.15) is 5.10 Å². The highest BCUT2D eigenvalue weighted by molar-refractivity contribution is 9.07. The molecule has 1 heterocycles. The number of hydrogen-bond acceptors (Lipinski definition) is 3. The molecule has 0 aromatic rings. The average Bonchev–Trinajstić information content (AvgIpc) is 2.34. The molecule has 4 heteroatoms. The predicted octanol–water partition coefficient (Wildman–Crippen LogP) is 3.03. The molecule has 1 atom stereocenters. The van der Waals surface area contributed by atoms with E-state index >= 15 is 0 Å². The largest absolute Gasteiger partial charge is 0.274 e. The number of hydrazone groups is 1. The van der Waals surface area contributed by atoms with E-state index in [1.54, 1.807) is 0 Å². The van der Waals surface area contributed by atoms with E-state index in [0.717, 1.165) is 19.4 Å². The third kappa shape index (κ3) is 3.15. The zero-order valence-electron chi connectivity index (χ0n) is 9.50. The van der Waals surface area contributed by atoms with E-state index in [4.69, 9.17) is 0 Å². The molecule has 0 aliphatic carbocycles. The van der Waals surface area contributed by atoms with Gasteiger partial charge in [0.2, 0.25) is 0 Å². The fraction of sp³-hybridized carbons (Fsp3) is 0.900. The van der Waals surface area contributed by atoms with Gasteiger partial charge in [-0.1, -0.05) is 27.7 Å². The summed E-state index contributed by atoms with van der Waals surface area (Å²) in [7, 11) is 0. The standard InChI is InChI=1S/C10H20BrN3/c1-5-6-14-9(7-10(2,3)4)13(11)8-12-14/h8-9H,5-7H2,1-4H3. The van der Waals surface area contributed by atoms with Crippen molar-refractivity contribution < 1.29 is 0 Å². The fourth-order valence-corrected chi connectivity index (χ4v) is 2.01. The molecule has 1 rings (SSSR count). The summed E-state index contributed by atoms with van der Waals surface area (Å²) in [5.74, 6) is 0. The maximum atomic E-state index is 4.36. The molecule has 82 valence electrons. The van der Waals surface area contributed by atoms with Crippen molar-refractivity contribution in [2.75, 3.05) is 6.54 Å². The molecule has 0 radical (unpaired) electrons. The molecule has 0 spiro atoms. The van der Waals surface area contributed by atoms with Crippen LogP contribution >= 0.6 is 16.1 Å². The monoisotopic (exact) mass is 261 g/mol. The van der Waals surface area contributed by atoms with Gasteiger partial charge >= 0.3 is 0 Å². The summed E-state index contributed by atoms with van der Waals surface area (Å²) in [6.45, 7) is 9.99. The second kappa shape index (κ2) is 4.51. The van der Waals surface area contributed by atoms with Crippen LogP contribution in [0.4, 0.5) is 0 Å². The first-order chi connectivity index (χ1) is 6.44. The first-order valence-electron chi connectivity index (χ1n) is 5.19. The van der Waals surface area contributed by atoms with Gasteiger partial charge in [0.25, 0.3) is 0 Å². The summed E-state index contributed by atoms with van der Waals surface area (Å²) in [6.07, 6.45) is 4.47. The molecule has 1 aliphatic rings. The van der Waals surface area contributed by atoms with Crippen LogP contribution in [0, 0.1) is 5.41 Å². The van der Waals surface area contributed by atoms with Crippen LogP contribution in [0.1, 0.15) is 40.5 Å². The van der Waals surface area contributed by atoms with E-state index in [1.165, 1.54) is 0 Å². The zero-order valence-corrected chi connectivity index (χ0v) is 11.1. The van der Waals surface area contributed by atoms with Crippen molar-refractivity contribution >= 4 is 22.5 Å². The van der Waals surface area contributed by atoms with Crippen molar-refractivity contribution in [2.45, 2.75) is 46.7 Å². The lowest BCUT2D eigenvalue weighted by atomic mass is 9.90. The van der Waals surface area contributed by atoms with Gasteiger partial charge in [0.15, 0.2) is 0 Å². The summed E-state index contributed by atoms with van der Waals surface area (Å²) in [6, 6.07) is 0. The van der Waals surface area contributed by atoms with Crippen LogP contribution in [-0.4, -0.2) is 28.0 Å². The molecular weight excluding hydrogens is 242 g/mol. The Hall–Kier alpha value is -0.250. The normalized spacial score (nSPS) is 22.2. The average molecular weight is 262 g/mol. The van der Waals surface area contributed by atoms with Crippen molar-refractivity contribution in [2.24, 2.45) is 10.5 Å². The van der Waals surface area contributed by atoms with Gasteiger partial charge in [-0.25, -0.2) is 0 Å². The second-order valence-electron chi connectivity index (χ2n) is 4.98. The Balaban J connectivity index is 2.56. The summed E-state index contributed by atoms with van der Waals surface area (Å²) in [4.78, 5) is 0. The lowest BCUT2D eigenvalue weighted by molar-refractivity contribution is 0.131. The lowest BCUT2D eigenvalue weighted by Gasteiger charge is -2.31. The molecule has 0 bridgehead atoms. The van der Waals surface area contributed by atoms with Gasteiger partial charge in [-0.3, -0.25) is 8.93 Å². The van der Waals surface area contributed by atoms with E-state index < -0.39 is 0 Å². The van der Waals surface area contributed by atoms with Crippen LogP contribution < -0.4 is 0 Å².